The monoisotopic (exact) mass is 528 g/mol. The Bertz CT molecular complexity index is 1470. The summed E-state index contributed by atoms with van der Waals surface area (Å²) in [6.07, 6.45) is 2.02. The molecular weight excluding hydrogens is 502 g/mol. The standard InChI is InChI=1S/C13H15FN4O2.C11H11FN4O2/c1-2-20-13(19)10-7-15-11-3-4-12(16-18(10)11)17-6-5-9(14)8-17;12-7-3-4-15(6-7)10-2-1-9-13-5-8(11(17)18)16(9)14-10/h3-4,7,9H,2,5-6,8H2,1H3;1-2,5,7H,3-4,6H2,(H,17,18)/t9-;7-/m00/s1. The molecule has 0 aliphatic carbocycles. The maximum absolute atomic E-state index is 13.3. The van der Waals surface area contributed by atoms with Gasteiger partial charge in [0, 0.05) is 13.1 Å². The molecule has 38 heavy (non-hydrogen) atoms. The fraction of sp³-hybridized carbons (Fsp3) is 0.417. The molecule has 12 nitrogen and oxygen atoms in total. The lowest BCUT2D eigenvalue weighted by Gasteiger charge is -2.16. The van der Waals surface area contributed by atoms with Gasteiger partial charge in [-0.1, -0.05) is 0 Å². The minimum absolute atomic E-state index is 0.00263. The number of esters is 1. The second kappa shape index (κ2) is 10.6. The summed E-state index contributed by atoms with van der Waals surface area (Å²) in [5, 5.41) is 17.6. The van der Waals surface area contributed by atoms with Crippen molar-refractivity contribution in [2.24, 2.45) is 0 Å². The number of nitrogens with zero attached hydrogens (tertiary/aromatic N) is 8. The molecule has 4 aromatic heterocycles. The van der Waals surface area contributed by atoms with Crippen LogP contribution in [0.3, 0.4) is 0 Å². The average molecular weight is 529 g/mol. The molecule has 6 heterocycles. The summed E-state index contributed by atoms with van der Waals surface area (Å²) in [5.41, 5.74) is 1.31. The number of hydrogen-bond donors (Lipinski definition) is 1. The second-order valence-electron chi connectivity index (χ2n) is 8.90. The van der Waals surface area contributed by atoms with Crippen molar-refractivity contribution in [1.29, 1.82) is 0 Å². The predicted molar refractivity (Wildman–Crippen MR) is 132 cm³/mol. The van der Waals surface area contributed by atoms with E-state index in [4.69, 9.17) is 9.84 Å². The van der Waals surface area contributed by atoms with Gasteiger partial charge in [0.1, 0.15) is 24.0 Å². The van der Waals surface area contributed by atoms with Crippen LogP contribution in [0.5, 0.6) is 0 Å². The lowest BCUT2D eigenvalue weighted by atomic mass is 10.3. The highest BCUT2D eigenvalue weighted by molar-refractivity contribution is 5.88. The number of imidazole rings is 2. The first-order valence-electron chi connectivity index (χ1n) is 12.2. The predicted octanol–water partition coefficient (Wildman–Crippen LogP) is 2.43. The van der Waals surface area contributed by atoms with E-state index in [1.807, 2.05) is 4.90 Å². The van der Waals surface area contributed by atoms with Crippen LogP contribution in [0.25, 0.3) is 11.3 Å². The maximum Gasteiger partial charge on any atom is 0.358 e. The van der Waals surface area contributed by atoms with E-state index < -0.39 is 24.3 Å². The number of anilines is 2. The van der Waals surface area contributed by atoms with Crippen LogP contribution in [0.4, 0.5) is 20.4 Å². The van der Waals surface area contributed by atoms with Crippen molar-refractivity contribution < 1.29 is 28.2 Å². The fourth-order valence-corrected chi connectivity index (χ4v) is 4.41. The summed E-state index contributed by atoms with van der Waals surface area (Å²) in [6, 6.07) is 6.96. The second-order valence-corrected chi connectivity index (χ2v) is 8.90. The van der Waals surface area contributed by atoms with Crippen molar-refractivity contribution in [3.05, 3.63) is 48.0 Å². The highest BCUT2D eigenvalue weighted by atomic mass is 19.1. The first-order valence-corrected chi connectivity index (χ1v) is 12.2. The molecule has 0 unspecified atom stereocenters. The first kappa shape index (κ1) is 25.3. The van der Waals surface area contributed by atoms with Gasteiger partial charge in [-0.3, -0.25) is 0 Å². The summed E-state index contributed by atoms with van der Waals surface area (Å²) < 4.78 is 34.1. The number of fused-ring (bicyclic) bond motifs is 2. The number of carbonyl (C=O) groups is 2. The third-order valence-electron chi connectivity index (χ3n) is 6.31. The average Bonchev–Trinajstić information content (AvgIpc) is 3.69. The molecule has 200 valence electrons. The third-order valence-corrected chi connectivity index (χ3v) is 6.31. The van der Waals surface area contributed by atoms with E-state index in [2.05, 4.69) is 20.2 Å². The quantitative estimate of drug-likeness (QED) is 0.386. The Morgan fingerprint density at radius 2 is 1.39 bits per heavy atom. The minimum atomic E-state index is -1.09. The molecule has 2 aliphatic heterocycles. The molecule has 0 radical (unpaired) electrons. The van der Waals surface area contributed by atoms with Gasteiger partial charge in [-0.25, -0.2) is 37.4 Å². The molecule has 0 bridgehead atoms. The highest BCUT2D eigenvalue weighted by Gasteiger charge is 2.25. The number of rotatable bonds is 5. The van der Waals surface area contributed by atoms with E-state index >= 15 is 0 Å². The Morgan fingerprint density at radius 1 is 0.895 bits per heavy atom. The van der Waals surface area contributed by atoms with Crippen LogP contribution in [-0.4, -0.2) is 91.4 Å². The van der Waals surface area contributed by atoms with Crippen molar-refractivity contribution in [3.8, 4) is 0 Å². The molecule has 2 aliphatic rings. The molecule has 0 aromatic carbocycles. The minimum Gasteiger partial charge on any atom is -0.476 e. The number of halogens is 2. The summed E-state index contributed by atoms with van der Waals surface area (Å²) in [6.45, 7) is 3.89. The summed E-state index contributed by atoms with van der Waals surface area (Å²) in [4.78, 5) is 34.5. The largest absolute Gasteiger partial charge is 0.476 e. The van der Waals surface area contributed by atoms with Crippen LogP contribution in [0.2, 0.25) is 0 Å². The molecule has 2 atom stereocenters. The van der Waals surface area contributed by atoms with Crippen LogP contribution >= 0.6 is 0 Å². The van der Waals surface area contributed by atoms with E-state index in [-0.39, 0.29) is 11.4 Å². The zero-order chi connectivity index (χ0) is 26.8. The van der Waals surface area contributed by atoms with Crippen LogP contribution in [0, 0.1) is 0 Å². The molecular formula is C24H26F2N8O4. The molecule has 2 saturated heterocycles. The van der Waals surface area contributed by atoms with Crippen LogP contribution < -0.4 is 9.80 Å². The molecule has 0 spiro atoms. The molecule has 6 rings (SSSR count). The van der Waals surface area contributed by atoms with Crippen LogP contribution in [0.15, 0.2) is 36.7 Å². The Labute approximate surface area is 215 Å². The van der Waals surface area contributed by atoms with E-state index in [0.29, 0.717) is 68.6 Å². The Hall–Kier alpha value is -4.36. The fourth-order valence-electron chi connectivity index (χ4n) is 4.41. The number of carboxylic acids is 1. The highest BCUT2D eigenvalue weighted by Crippen LogP contribution is 2.22. The molecule has 14 heteroatoms. The Morgan fingerprint density at radius 3 is 1.84 bits per heavy atom. The molecule has 0 saturated carbocycles. The third kappa shape index (κ3) is 5.06. The molecule has 4 aromatic rings. The zero-order valence-corrected chi connectivity index (χ0v) is 20.6. The van der Waals surface area contributed by atoms with Gasteiger partial charge in [0.25, 0.3) is 0 Å². The van der Waals surface area contributed by atoms with Crippen LogP contribution in [0.1, 0.15) is 40.7 Å². The first-order chi connectivity index (χ1) is 18.3. The summed E-state index contributed by atoms with van der Waals surface area (Å²) >= 11 is 0. The lowest BCUT2D eigenvalue weighted by Crippen LogP contribution is -2.22. The Kier molecular flexibility index (Phi) is 7.03. The summed E-state index contributed by atoms with van der Waals surface area (Å²) in [5.74, 6) is -0.337. The smallest absolute Gasteiger partial charge is 0.358 e. The van der Waals surface area contributed by atoms with Gasteiger partial charge in [-0.15, -0.1) is 10.2 Å². The zero-order valence-electron chi connectivity index (χ0n) is 20.6. The molecule has 0 amide bonds. The van der Waals surface area contributed by atoms with E-state index in [1.54, 1.807) is 36.1 Å². The molecule has 2 fully saturated rings. The van der Waals surface area contributed by atoms with Gasteiger partial charge in [0.15, 0.2) is 22.7 Å². The van der Waals surface area contributed by atoms with Gasteiger partial charge in [0.2, 0.25) is 0 Å². The maximum atomic E-state index is 13.3. The van der Waals surface area contributed by atoms with Crippen molar-refractivity contribution in [1.82, 2.24) is 29.2 Å². The number of alkyl halides is 2. The van der Waals surface area contributed by atoms with Crippen molar-refractivity contribution in [3.63, 3.8) is 0 Å². The van der Waals surface area contributed by atoms with Gasteiger partial charge in [-0.05, 0) is 44.0 Å². The van der Waals surface area contributed by atoms with Gasteiger partial charge in [-0.2, -0.15) is 0 Å². The van der Waals surface area contributed by atoms with Crippen molar-refractivity contribution in [2.75, 3.05) is 42.6 Å². The Balaban J connectivity index is 0.000000156. The van der Waals surface area contributed by atoms with Crippen LogP contribution in [-0.2, 0) is 4.74 Å². The SMILES string of the molecule is CCOC(=O)c1cnc2ccc(N3CC[C@H](F)C3)nn12.O=C(O)c1cnc2ccc(N3CC[C@H](F)C3)nn12. The number of carbonyl (C=O) groups excluding carboxylic acids is 1. The summed E-state index contributed by atoms with van der Waals surface area (Å²) in [7, 11) is 0. The number of aromatic carboxylic acids is 1. The topological polar surface area (TPSA) is 130 Å². The lowest BCUT2D eigenvalue weighted by molar-refractivity contribution is 0.0516. The van der Waals surface area contributed by atoms with Crippen molar-refractivity contribution in [2.45, 2.75) is 32.1 Å². The van der Waals surface area contributed by atoms with E-state index in [1.165, 1.54) is 21.4 Å². The van der Waals surface area contributed by atoms with E-state index in [9.17, 15) is 18.4 Å². The van der Waals surface area contributed by atoms with E-state index in [0.717, 1.165) is 0 Å². The number of hydrogen-bond acceptors (Lipinski definition) is 9. The normalized spacial score (nSPS) is 19.1. The van der Waals surface area contributed by atoms with Gasteiger partial charge >= 0.3 is 11.9 Å². The van der Waals surface area contributed by atoms with Gasteiger partial charge in [0.05, 0.1) is 32.1 Å². The number of ether oxygens (including phenoxy) is 1. The number of aromatic nitrogens is 6. The number of carboxylic acid groups (broad SMARTS) is 1. The van der Waals surface area contributed by atoms with Crippen molar-refractivity contribution >= 4 is 34.9 Å². The van der Waals surface area contributed by atoms with Gasteiger partial charge < -0.3 is 19.6 Å². The molecule has 1 N–H and O–H groups in total.